The number of hydrogen-bond donors (Lipinski definition) is 4. The van der Waals surface area contributed by atoms with E-state index in [2.05, 4.69) is 20.9 Å². The first-order chi connectivity index (χ1) is 19.3. The van der Waals surface area contributed by atoms with Gasteiger partial charge in [0.25, 0.3) is 0 Å². The van der Waals surface area contributed by atoms with E-state index >= 15 is 0 Å². The maximum atomic E-state index is 13.2. The molecule has 9 heteroatoms. The minimum Gasteiger partial charge on any atom is -0.390 e. The molecule has 5 unspecified atom stereocenters. The van der Waals surface area contributed by atoms with E-state index < -0.39 is 12.1 Å². The second-order valence-electron chi connectivity index (χ2n) is 11.7. The Hall–Kier alpha value is -3.17. The zero-order valence-corrected chi connectivity index (χ0v) is 23.8. The van der Waals surface area contributed by atoms with Crippen LogP contribution in [-0.2, 0) is 27.3 Å². The lowest BCUT2D eigenvalue weighted by molar-refractivity contribution is -0.132. The second kappa shape index (κ2) is 14.5. The Balaban J connectivity index is 1.42. The summed E-state index contributed by atoms with van der Waals surface area (Å²) in [4.78, 5) is 40.5. The van der Waals surface area contributed by atoms with Gasteiger partial charge in [0.15, 0.2) is 0 Å². The van der Waals surface area contributed by atoms with Crippen LogP contribution in [0.1, 0.15) is 51.5 Å². The summed E-state index contributed by atoms with van der Waals surface area (Å²) in [6.07, 6.45) is 8.67. The fourth-order valence-electron chi connectivity index (χ4n) is 6.21. The van der Waals surface area contributed by atoms with Gasteiger partial charge in [0.05, 0.1) is 24.7 Å². The third-order valence-corrected chi connectivity index (χ3v) is 8.21. The van der Waals surface area contributed by atoms with Crippen LogP contribution in [0.2, 0.25) is 0 Å². The lowest BCUT2D eigenvalue weighted by atomic mass is 9.72. The SMILES string of the molecule is CC(C)NC(=O)C1CC2CCCCC2CN1CC(O)C(Cc1ccccc1)NC(=O)CNC(=O)Cn1cccc1. The Kier molecular flexibility index (Phi) is 10.8. The summed E-state index contributed by atoms with van der Waals surface area (Å²) in [5, 5.41) is 20.2. The first kappa shape index (κ1) is 29.8. The van der Waals surface area contributed by atoms with Crippen molar-refractivity contribution in [2.45, 2.75) is 83.1 Å². The maximum Gasteiger partial charge on any atom is 0.240 e. The van der Waals surface area contributed by atoms with Gasteiger partial charge >= 0.3 is 0 Å². The van der Waals surface area contributed by atoms with Crippen LogP contribution in [0.5, 0.6) is 0 Å². The standard InChI is InChI=1S/C31H45N5O4/c1-22(2)33-31(40)27-17-24-12-6-7-13-25(24)19-36(27)20-28(37)26(16-23-10-4-3-5-11-23)34-29(38)18-32-30(39)21-35-14-8-9-15-35/h3-5,8-11,14-15,22,24-28,37H,6-7,12-13,16-21H2,1-2H3,(H,32,39)(H,33,40)(H,34,38). The Labute approximate surface area is 237 Å². The smallest absolute Gasteiger partial charge is 0.240 e. The first-order valence-electron chi connectivity index (χ1n) is 14.7. The van der Waals surface area contributed by atoms with Crippen molar-refractivity contribution in [3.8, 4) is 0 Å². The van der Waals surface area contributed by atoms with Gasteiger partial charge in [-0.3, -0.25) is 19.3 Å². The van der Waals surface area contributed by atoms with Crippen LogP contribution in [0.25, 0.3) is 0 Å². The number of likely N-dealkylation sites (tertiary alicyclic amines) is 1. The summed E-state index contributed by atoms with van der Waals surface area (Å²) in [5.74, 6) is 0.462. The second-order valence-corrected chi connectivity index (χ2v) is 11.7. The highest BCUT2D eigenvalue weighted by molar-refractivity contribution is 5.85. The molecule has 4 rings (SSSR count). The number of amides is 3. The number of carbonyl (C=O) groups excluding carboxylic acids is 3. The normalized spacial score (nSPS) is 22.6. The van der Waals surface area contributed by atoms with Crippen LogP contribution in [0.4, 0.5) is 0 Å². The molecule has 1 aromatic carbocycles. The fraction of sp³-hybridized carbons (Fsp3) is 0.581. The van der Waals surface area contributed by atoms with E-state index in [-0.39, 0.29) is 49.4 Å². The van der Waals surface area contributed by atoms with Crippen LogP contribution in [-0.4, -0.2) is 76.2 Å². The molecule has 2 fully saturated rings. The molecule has 0 radical (unpaired) electrons. The number of hydrogen-bond acceptors (Lipinski definition) is 5. The Bertz CT molecular complexity index is 1090. The van der Waals surface area contributed by atoms with Crippen molar-refractivity contribution in [2.75, 3.05) is 19.6 Å². The molecule has 0 bridgehead atoms. The van der Waals surface area contributed by atoms with E-state index in [1.54, 1.807) is 17.0 Å². The van der Waals surface area contributed by atoms with Crippen LogP contribution in [0.3, 0.4) is 0 Å². The predicted molar refractivity (Wildman–Crippen MR) is 154 cm³/mol. The number of rotatable bonds is 12. The molecule has 0 spiro atoms. The topological polar surface area (TPSA) is 116 Å². The number of fused-ring (bicyclic) bond motifs is 1. The summed E-state index contributed by atoms with van der Waals surface area (Å²) < 4.78 is 1.73. The third-order valence-electron chi connectivity index (χ3n) is 8.21. The van der Waals surface area contributed by atoms with Crippen molar-refractivity contribution in [3.63, 3.8) is 0 Å². The van der Waals surface area contributed by atoms with E-state index in [0.29, 0.717) is 18.3 Å². The van der Waals surface area contributed by atoms with Crippen LogP contribution < -0.4 is 16.0 Å². The van der Waals surface area contributed by atoms with Crippen LogP contribution in [0.15, 0.2) is 54.9 Å². The molecule has 1 aliphatic heterocycles. The first-order valence-corrected chi connectivity index (χ1v) is 14.7. The van der Waals surface area contributed by atoms with Gasteiger partial charge in [0.2, 0.25) is 17.7 Å². The number of β-amino-alcohol motifs (C(OH)–C–C–N with tert-alkyl or cyclic N) is 1. The largest absolute Gasteiger partial charge is 0.390 e. The van der Waals surface area contributed by atoms with Gasteiger partial charge < -0.3 is 25.6 Å². The zero-order valence-electron chi connectivity index (χ0n) is 23.8. The van der Waals surface area contributed by atoms with Gasteiger partial charge in [0, 0.05) is 31.5 Å². The monoisotopic (exact) mass is 551 g/mol. The van der Waals surface area contributed by atoms with Crippen molar-refractivity contribution >= 4 is 17.7 Å². The third kappa shape index (κ3) is 8.66. The molecule has 40 heavy (non-hydrogen) atoms. The Morgan fingerprint density at radius 3 is 2.35 bits per heavy atom. The molecule has 3 amide bonds. The summed E-state index contributed by atoms with van der Waals surface area (Å²) in [7, 11) is 0. The molecule has 1 saturated heterocycles. The number of aromatic nitrogens is 1. The van der Waals surface area contributed by atoms with Crippen molar-refractivity contribution in [1.82, 2.24) is 25.4 Å². The van der Waals surface area contributed by atoms with Gasteiger partial charge in [-0.2, -0.15) is 0 Å². The summed E-state index contributed by atoms with van der Waals surface area (Å²) in [6.45, 7) is 4.95. The number of nitrogens with one attached hydrogen (secondary N) is 3. The molecule has 2 heterocycles. The van der Waals surface area contributed by atoms with Gasteiger partial charge in [0.1, 0.15) is 6.54 Å². The molecule has 1 aromatic heterocycles. The molecule has 4 N–H and O–H groups in total. The molecule has 2 aliphatic rings. The highest BCUT2D eigenvalue weighted by atomic mass is 16.3. The average Bonchev–Trinajstić information content (AvgIpc) is 3.44. The summed E-state index contributed by atoms with van der Waals surface area (Å²) in [6, 6.07) is 12.6. The minimum absolute atomic E-state index is 0.0141. The van der Waals surface area contributed by atoms with Crippen molar-refractivity contribution in [1.29, 1.82) is 0 Å². The van der Waals surface area contributed by atoms with E-state index in [0.717, 1.165) is 31.4 Å². The van der Waals surface area contributed by atoms with Gasteiger partial charge in [-0.25, -0.2) is 0 Å². The quantitative estimate of drug-likeness (QED) is 0.323. The van der Waals surface area contributed by atoms with Crippen molar-refractivity contribution < 1.29 is 19.5 Å². The van der Waals surface area contributed by atoms with E-state index in [1.807, 2.05) is 56.3 Å². The summed E-state index contributed by atoms with van der Waals surface area (Å²) in [5.41, 5.74) is 0.989. The number of aliphatic hydroxyl groups is 1. The van der Waals surface area contributed by atoms with Crippen molar-refractivity contribution in [3.05, 3.63) is 60.4 Å². The average molecular weight is 552 g/mol. The number of aliphatic hydroxyl groups excluding tert-OH is 1. The Morgan fingerprint density at radius 2 is 1.65 bits per heavy atom. The molecule has 1 saturated carbocycles. The minimum atomic E-state index is -0.894. The molecule has 218 valence electrons. The highest BCUT2D eigenvalue weighted by Gasteiger charge is 2.41. The lowest BCUT2D eigenvalue weighted by Crippen LogP contribution is -2.59. The van der Waals surface area contributed by atoms with E-state index in [4.69, 9.17) is 0 Å². The van der Waals surface area contributed by atoms with Crippen molar-refractivity contribution in [2.24, 2.45) is 11.8 Å². The lowest BCUT2D eigenvalue weighted by Gasteiger charge is -2.46. The molecular formula is C31H45N5O4. The van der Waals surface area contributed by atoms with Crippen LogP contribution >= 0.6 is 0 Å². The van der Waals surface area contributed by atoms with Crippen LogP contribution in [0, 0.1) is 11.8 Å². The molecule has 2 aromatic rings. The molecule has 1 aliphatic carbocycles. The summed E-state index contributed by atoms with van der Waals surface area (Å²) >= 11 is 0. The fourth-order valence-corrected chi connectivity index (χ4v) is 6.21. The molecular weight excluding hydrogens is 506 g/mol. The molecule has 5 atom stereocenters. The number of nitrogens with zero attached hydrogens (tertiary/aromatic N) is 2. The zero-order chi connectivity index (χ0) is 28.5. The van der Waals surface area contributed by atoms with Gasteiger partial charge in [-0.15, -0.1) is 0 Å². The highest BCUT2D eigenvalue weighted by Crippen LogP contribution is 2.38. The number of benzene rings is 1. The molecule has 9 nitrogen and oxygen atoms in total. The van der Waals surface area contributed by atoms with E-state index in [9.17, 15) is 19.5 Å². The van der Waals surface area contributed by atoms with Gasteiger partial charge in [-0.05, 0) is 62.6 Å². The number of carbonyl (C=O) groups is 3. The Morgan fingerprint density at radius 1 is 0.950 bits per heavy atom. The van der Waals surface area contributed by atoms with E-state index in [1.165, 1.54) is 12.8 Å². The van der Waals surface area contributed by atoms with Gasteiger partial charge in [-0.1, -0.05) is 49.6 Å². The maximum absolute atomic E-state index is 13.2. The predicted octanol–water partition coefficient (Wildman–Crippen LogP) is 2.10. The number of piperidine rings is 1.